The van der Waals surface area contributed by atoms with Crippen molar-refractivity contribution in [2.75, 3.05) is 31.5 Å². The first-order chi connectivity index (χ1) is 14.3. The highest BCUT2D eigenvalue weighted by atomic mass is 32.2. The first-order valence-electron chi connectivity index (χ1n) is 9.42. The lowest BCUT2D eigenvalue weighted by Crippen LogP contribution is -2.50. The zero-order valence-electron chi connectivity index (χ0n) is 16.2. The number of hydrogen-bond acceptors (Lipinski definition) is 5. The van der Waals surface area contributed by atoms with E-state index in [1.54, 1.807) is 17.0 Å². The summed E-state index contributed by atoms with van der Waals surface area (Å²) in [6, 6.07) is 9.90. The van der Waals surface area contributed by atoms with E-state index >= 15 is 0 Å². The fraction of sp³-hybridized carbons (Fsp3) is 0.300. The molecular formula is C20H20FN3O4S2. The maximum atomic E-state index is 13.1. The maximum absolute atomic E-state index is 13.1. The molecule has 2 aromatic carbocycles. The molecule has 0 aromatic heterocycles. The number of anilines is 1. The van der Waals surface area contributed by atoms with Crippen molar-refractivity contribution < 1.29 is 22.4 Å². The van der Waals surface area contributed by atoms with Gasteiger partial charge in [0.15, 0.2) is 0 Å². The Hall–Kier alpha value is -2.43. The van der Waals surface area contributed by atoms with Crippen LogP contribution in [0.3, 0.4) is 0 Å². The van der Waals surface area contributed by atoms with Crippen molar-refractivity contribution in [2.45, 2.75) is 22.0 Å². The molecule has 1 N–H and O–H groups in total. The highest BCUT2D eigenvalue weighted by Gasteiger charge is 2.31. The molecule has 2 aliphatic heterocycles. The number of halogens is 1. The summed E-state index contributed by atoms with van der Waals surface area (Å²) in [6.45, 7) is 2.62. The molecule has 2 heterocycles. The highest BCUT2D eigenvalue weighted by Crippen LogP contribution is 2.36. The monoisotopic (exact) mass is 449 g/mol. The van der Waals surface area contributed by atoms with Crippen molar-refractivity contribution in [1.29, 1.82) is 0 Å². The number of rotatable bonds is 3. The van der Waals surface area contributed by atoms with Gasteiger partial charge in [0.25, 0.3) is 5.91 Å². The molecule has 1 saturated heterocycles. The van der Waals surface area contributed by atoms with E-state index < -0.39 is 15.8 Å². The topological polar surface area (TPSA) is 86.8 Å². The normalized spacial score (nSPS) is 19.9. The van der Waals surface area contributed by atoms with Crippen molar-refractivity contribution in [2.24, 2.45) is 0 Å². The minimum absolute atomic E-state index is 0.0285. The number of amides is 2. The number of sulfonamides is 1. The van der Waals surface area contributed by atoms with Crippen LogP contribution in [0.2, 0.25) is 0 Å². The molecule has 7 nitrogen and oxygen atoms in total. The Bertz CT molecular complexity index is 1100. The van der Waals surface area contributed by atoms with Gasteiger partial charge < -0.3 is 10.2 Å². The van der Waals surface area contributed by atoms with E-state index in [-0.39, 0.29) is 48.1 Å². The van der Waals surface area contributed by atoms with E-state index in [0.717, 1.165) is 17.0 Å². The number of hydrogen-bond donors (Lipinski definition) is 1. The average Bonchev–Trinajstić information content (AvgIpc) is 2.74. The van der Waals surface area contributed by atoms with Crippen LogP contribution in [-0.2, 0) is 14.8 Å². The molecule has 0 bridgehead atoms. The fourth-order valence-electron chi connectivity index (χ4n) is 3.41. The number of nitrogens with one attached hydrogen (secondary N) is 1. The summed E-state index contributed by atoms with van der Waals surface area (Å²) in [6.07, 6.45) is 0. The van der Waals surface area contributed by atoms with Gasteiger partial charge in [-0.2, -0.15) is 4.31 Å². The molecule has 2 aromatic rings. The van der Waals surface area contributed by atoms with Crippen molar-refractivity contribution in [3.05, 3.63) is 53.8 Å². The van der Waals surface area contributed by atoms with Crippen LogP contribution in [0.5, 0.6) is 0 Å². The Morgan fingerprint density at radius 2 is 1.77 bits per heavy atom. The molecule has 0 saturated carbocycles. The lowest BCUT2D eigenvalue weighted by Gasteiger charge is -2.34. The Morgan fingerprint density at radius 3 is 2.43 bits per heavy atom. The lowest BCUT2D eigenvalue weighted by molar-refractivity contribution is -0.115. The molecule has 0 spiro atoms. The predicted octanol–water partition coefficient (Wildman–Crippen LogP) is 2.41. The molecule has 158 valence electrons. The molecular weight excluding hydrogens is 429 g/mol. The second kappa shape index (κ2) is 8.01. The SMILES string of the molecule is C[C@H]1Sc2ccc(C(=O)N3CCN(S(=O)(=O)c4ccc(F)cc4)CC3)cc2NC1=O. The number of fused-ring (bicyclic) bond motifs is 1. The van der Waals surface area contributed by atoms with E-state index in [4.69, 9.17) is 0 Å². The van der Waals surface area contributed by atoms with E-state index in [0.29, 0.717) is 11.3 Å². The van der Waals surface area contributed by atoms with Crippen LogP contribution in [0, 0.1) is 5.82 Å². The number of nitrogens with zero attached hydrogens (tertiary/aromatic N) is 2. The standard InChI is InChI=1S/C20H20FN3O4S2/c1-13-19(25)22-17-12-14(2-7-18(17)29-13)20(26)23-8-10-24(11-9-23)30(27,28)16-5-3-15(21)4-6-16/h2-7,12-13H,8-11H2,1H3,(H,22,25)/t13-/m1/s1. The van der Waals surface area contributed by atoms with Crippen LogP contribution in [-0.4, -0.2) is 60.9 Å². The van der Waals surface area contributed by atoms with Crippen LogP contribution in [0.1, 0.15) is 17.3 Å². The average molecular weight is 450 g/mol. The maximum Gasteiger partial charge on any atom is 0.254 e. The number of carbonyl (C=O) groups excluding carboxylic acids is 2. The van der Waals surface area contributed by atoms with E-state index in [1.807, 2.05) is 13.0 Å². The van der Waals surface area contributed by atoms with Crippen LogP contribution >= 0.6 is 11.8 Å². The van der Waals surface area contributed by atoms with Crippen LogP contribution in [0.15, 0.2) is 52.3 Å². The van der Waals surface area contributed by atoms with Gasteiger partial charge in [-0.3, -0.25) is 9.59 Å². The molecule has 1 atom stereocenters. The Balaban J connectivity index is 1.44. The van der Waals surface area contributed by atoms with Crippen molar-refractivity contribution >= 4 is 39.3 Å². The largest absolute Gasteiger partial charge is 0.336 e. The zero-order valence-corrected chi connectivity index (χ0v) is 17.8. The second-order valence-electron chi connectivity index (χ2n) is 7.11. The molecule has 1 fully saturated rings. The van der Waals surface area contributed by atoms with Gasteiger partial charge in [0.1, 0.15) is 5.82 Å². The van der Waals surface area contributed by atoms with Gasteiger partial charge in [0.2, 0.25) is 15.9 Å². The molecule has 2 aliphatic rings. The number of piperazine rings is 1. The Kier molecular flexibility index (Phi) is 5.56. The summed E-state index contributed by atoms with van der Waals surface area (Å²) in [4.78, 5) is 27.3. The van der Waals surface area contributed by atoms with Gasteiger partial charge in [-0.25, -0.2) is 12.8 Å². The Labute approximate surface area is 178 Å². The molecule has 2 amide bonds. The van der Waals surface area contributed by atoms with Gasteiger partial charge >= 0.3 is 0 Å². The molecule has 0 unspecified atom stereocenters. The third kappa shape index (κ3) is 3.94. The highest BCUT2D eigenvalue weighted by molar-refractivity contribution is 8.01. The third-order valence-corrected chi connectivity index (χ3v) is 8.23. The quantitative estimate of drug-likeness (QED) is 0.778. The van der Waals surface area contributed by atoms with Crippen LogP contribution in [0.25, 0.3) is 0 Å². The van der Waals surface area contributed by atoms with Crippen molar-refractivity contribution in [3.63, 3.8) is 0 Å². The molecule has 4 rings (SSSR count). The zero-order chi connectivity index (χ0) is 21.5. The smallest absolute Gasteiger partial charge is 0.254 e. The van der Waals surface area contributed by atoms with Gasteiger partial charge in [-0.15, -0.1) is 11.8 Å². The number of carbonyl (C=O) groups is 2. The number of benzene rings is 2. The minimum atomic E-state index is -3.74. The van der Waals surface area contributed by atoms with E-state index in [1.165, 1.54) is 28.2 Å². The van der Waals surface area contributed by atoms with Crippen LogP contribution in [0.4, 0.5) is 10.1 Å². The molecule has 30 heavy (non-hydrogen) atoms. The second-order valence-corrected chi connectivity index (χ2v) is 10.4. The minimum Gasteiger partial charge on any atom is -0.336 e. The molecule has 10 heteroatoms. The van der Waals surface area contributed by atoms with Gasteiger partial charge in [-0.1, -0.05) is 0 Å². The van der Waals surface area contributed by atoms with Crippen molar-refractivity contribution in [1.82, 2.24) is 9.21 Å². The predicted molar refractivity (Wildman–Crippen MR) is 111 cm³/mol. The third-order valence-electron chi connectivity index (χ3n) is 5.13. The Morgan fingerprint density at radius 1 is 1.10 bits per heavy atom. The summed E-state index contributed by atoms with van der Waals surface area (Å²) in [5.74, 6) is -0.815. The van der Waals surface area contributed by atoms with Gasteiger partial charge in [-0.05, 0) is 49.4 Å². The first kappa shape index (κ1) is 20.8. The number of thioether (sulfide) groups is 1. The molecule has 0 aliphatic carbocycles. The van der Waals surface area contributed by atoms with E-state index in [9.17, 15) is 22.4 Å². The summed E-state index contributed by atoms with van der Waals surface area (Å²) in [5, 5.41) is 2.63. The summed E-state index contributed by atoms with van der Waals surface area (Å²) >= 11 is 1.44. The summed E-state index contributed by atoms with van der Waals surface area (Å²) in [7, 11) is -3.74. The van der Waals surface area contributed by atoms with E-state index in [2.05, 4.69) is 5.32 Å². The van der Waals surface area contributed by atoms with Gasteiger partial charge in [0, 0.05) is 36.6 Å². The van der Waals surface area contributed by atoms with Gasteiger partial charge in [0.05, 0.1) is 15.8 Å². The summed E-state index contributed by atoms with van der Waals surface area (Å²) in [5.41, 5.74) is 1.06. The summed E-state index contributed by atoms with van der Waals surface area (Å²) < 4.78 is 39.8. The molecule has 0 radical (unpaired) electrons. The lowest BCUT2D eigenvalue weighted by atomic mass is 10.1. The van der Waals surface area contributed by atoms with Crippen LogP contribution < -0.4 is 5.32 Å². The fourth-order valence-corrected chi connectivity index (χ4v) is 5.76. The van der Waals surface area contributed by atoms with Crippen molar-refractivity contribution in [3.8, 4) is 0 Å². The first-order valence-corrected chi connectivity index (χ1v) is 11.7.